The fourth-order valence-corrected chi connectivity index (χ4v) is 4.15. The molecule has 0 saturated carbocycles. The van der Waals surface area contributed by atoms with E-state index in [1.807, 2.05) is 0 Å². The minimum absolute atomic E-state index is 0.0542. The van der Waals surface area contributed by atoms with Crippen LogP contribution in [0.1, 0.15) is 36.2 Å². The number of nitrogens with zero attached hydrogens (tertiary/aromatic N) is 3. The maximum Gasteiger partial charge on any atom is 0.416 e. The Kier molecular flexibility index (Phi) is 5.55. The molecule has 0 fully saturated rings. The Morgan fingerprint density at radius 1 is 1.44 bits per heavy atom. The lowest BCUT2D eigenvalue weighted by Gasteiger charge is -2.26. The lowest BCUT2D eigenvalue weighted by Crippen LogP contribution is -2.37. The average Bonchev–Trinajstić information content (AvgIpc) is 3.19. The van der Waals surface area contributed by atoms with Gasteiger partial charge in [0.05, 0.1) is 26.9 Å². The summed E-state index contributed by atoms with van der Waals surface area (Å²) in [4.78, 5) is 34.3. The standard InChI is InChI=1S/C17H15BrClN3O4S/c1-17(2,3)26-16(24)22(7-9-5-4-6-25-9)14-13-12(20-15(19)21-14)11(18)10(8-23)27-13/h4-6,8H,7H2,1-3H3. The van der Waals surface area contributed by atoms with Gasteiger partial charge in [0.2, 0.25) is 5.28 Å². The van der Waals surface area contributed by atoms with Gasteiger partial charge in [-0.25, -0.2) is 9.78 Å². The zero-order chi connectivity index (χ0) is 19.8. The molecule has 0 bridgehead atoms. The van der Waals surface area contributed by atoms with E-state index in [9.17, 15) is 9.59 Å². The molecular weight excluding hydrogens is 458 g/mol. The maximum absolute atomic E-state index is 12.9. The quantitative estimate of drug-likeness (QED) is 0.370. The van der Waals surface area contributed by atoms with Crippen molar-refractivity contribution in [3.63, 3.8) is 0 Å². The zero-order valence-corrected chi connectivity index (χ0v) is 17.8. The van der Waals surface area contributed by atoms with Crippen molar-refractivity contribution in [1.29, 1.82) is 0 Å². The van der Waals surface area contributed by atoms with Gasteiger partial charge in [-0.05, 0) is 60.4 Å². The van der Waals surface area contributed by atoms with Gasteiger partial charge in [-0.2, -0.15) is 4.98 Å². The molecule has 7 nitrogen and oxygen atoms in total. The Hall–Kier alpha value is -1.97. The Balaban J connectivity index is 2.16. The van der Waals surface area contributed by atoms with Gasteiger partial charge in [0, 0.05) is 0 Å². The molecular formula is C17H15BrClN3O4S. The van der Waals surface area contributed by atoms with Crippen molar-refractivity contribution in [3.8, 4) is 0 Å². The summed E-state index contributed by atoms with van der Waals surface area (Å²) >= 11 is 10.6. The second-order valence-electron chi connectivity index (χ2n) is 6.54. The monoisotopic (exact) mass is 471 g/mol. The number of hydrogen-bond donors (Lipinski definition) is 0. The highest BCUT2D eigenvalue weighted by Gasteiger charge is 2.29. The summed E-state index contributed by atoms with van der Waals surface area (Å²) in [5, 5.41) is -0.0542. The van der Waals surface area contributed by atoms with Crippen LogP contribution in [-0.4, -0.2) is 27.9 Å². The minimum atomic E-state index is -0.710. The van der Waals surface area contributed by atoms with E-state index in [-0.39, 0.29) is 17.6 Å². The van der Waals surface area contributed by atoms with Crippen LogP contribution >= 0.6 is 38.9 Å². The minimum Gasteiger partial charge on any atom is -0.467 e. The Bertz CT molecular complexity index is 998. The van der Waals surface area contributed by atoms with E-state index >= 15 is 0 Å². The van der Waals surface area contributed by atoms with E-state index < -0.39 is 11.7 Å². The fraction of sp³-hybridized carbons (Fsp3) is 0.294. The van der Waals surface area contributed by atoms with E-state index in [0.29, 0.717) is 31.6 Å². The van der Waals surface area contributed by atoms with Gasteiger partial charge >= 0.3 is 6.09 Å². The zero-order valence-electron chi connectivity index (χ0n) is 14.7. The summed E-state index contributed by atoms with van der Waals surface area (Å²) in [6.45, 7) is 5.39. The summed E-state index contributed by atoms with van der Waals surface area (Å²) in [7, 11) is 0. The summed E-state index contributed by atoms with van der Waals surface area (Å²) in [5.74, 6) is 0.782. The first-order valence-electron chi connectivity index (χ1n) is 7.83. The van der Waals surface area contributed by atoms with E-state index in [1.54, 1.807) is 32.9 Å². The molecule has 3 aromatic rings. The van der Waals surface area contributed by atoms with Crippen molar-refractivity contribution in [2.24, 2.45) is 0 Å². The normalized spacial score (nSPS) is 11.6. The highest BCUT2D eigenvalue weighted by molar-refractivity contribution is 9.10. The molecule has 10 heteroatoms. The number of hydrogen-bond acceptors (Lipinski definition) is 7. The van der Waals surface area contributed by atoms with Crippen LogP contribution in [0.15, 0.2) is 27.3 Å². The summed E-state index contributed by atoms with van der Waals surface area (Å²) < 4.78 is 11.9. The lowest BCUT2D eigenvalue weighted by molar-refractivity contribution is 0.0574. The van der Waals surface area contributed by atoms with Crippen LogP contribution in [-0.2, 0) is 11.3 Å². The first-order valence-corrected chi connectivity index (χ1v) is 9.82. The number of halogens is 2. The average molecular weight is 473 g/mol. The van der Waals surface area contributed by atoms with Crippen LogP contribution in [0.2, 0.25) is 5.28 Å². The number of aldehydes is 1. The Morgan fingerprint density at radius 3 is 2.78 bits per heavy atom. The summed E-state index contributed by atoms with van der Waals surface area (Å²) in [5.41, 5.74) is -0.261. The number of rotatable bonds is 4. The number of amides is 1. The number of carbonyl (C=O) groups is 2. The Morgan fingerprint density at radius 2 is 2.19 bits per heavy atom. The van der Waals surface area contributed by atoms with Crippen molar-refractivity contribution in [3.05, 3.63) is 38.8 Å². The van der Waals surface area contributed by atoms with Crippen LogP contribution in [0, 0.1) is 0 Å². The molecule has 0 aliphatic carbocycles. The third-order valence-corrected chi connectivity index (χ3v) is 5.66. The summed E-state index contributed by atoms with van der Waals surface area (Å²) in [6.07, 6.45) is 1.60. The second kappa shape index (κ2) is 7.57. The van der Waals surface area contributed by atoms with Gasteiger partial charge in [-0.15, -0.1) is 11.3 Å². The number of thiophene rings is 1. The molecule has 0 N–H and O–H groups in total. The third-order valence-electron chi connectivity index (χ3n) is 3.33. The van der Waals surface area contributed by atoms with Crippen LogP contribution in [0.4, 0.5) is 10.6 Å². The molecule has 3 heterocycles. The molecule has 0 unspecified atom stereocenters. The van der Waals surface area contributed by atoms with E-state index in [2.05, 4.69) is 25.9 Å². The predicted octanol–water partition coefficient (Wildman–Crippen LogP) is 5.45. The number of furan rings is 1. The first-order chi connectivity index (χ1) is 12.7. The Labute approximate surface area is 172 Å². The molecule has 142 valence electrons. The first kappa shape index (κ1) is 19.8. The smallest absolute Gasteiger partial charge is 0.416 e. The third kappa shape index (κ3) is 4.31. The van der Waals surface area contributed by atoms with Gasteiger partial charge < -0.3 is 9.15 Å². The van der Waals surface area contributed by atoms with Crippen molar-refractivity contribution in [2.75, 3.05) is 4.90 Å². The van der Waals surface area contributed by atoms with Crippen LogP contribution in [0.5, 0.6) is 0 Å². The predicted molar refractivity (Wildman–Crippen MR) is 107 cm³/mol. The molecule has 27 heavy (non-hydrogen) atoms. The molecule has 1 amide bonds. The lowest BCUT2D eigenvalue weighted by atomic mass is 10.2. The molecule has 0 saturated heterocycles. The van der Waals surface area contributed by atoms with E-state index in [4.69, 9.17) is 20.8 Å². The molecule has 3 rings (SSSR count). The largest absolute Gasteiger partial charge is 0.467 e. The van der Waals surface area contributed by atoms with E-state index in [1.165, 1.54) is 11.2 Å². The fourth-order valence-electron chi connectivity index (χ4n) is 2.29. The number of anilines is 1. The van der Waals surface area contributed by atoms with Gasteiger partial charge in [-0.1, -0.05) is 0 Å². The molecule has 0 atom stereocenters. The van der Waals surface area contributed by atoms with Gasteiger partial charge in [0.15, 0.2) is 12.1 Å². The van der Waals surface area contributed by atoms with Gasteiger partial charge in [-0.3, -0.25) is 9.69 Å². The highest BCUT2D eigenvalue weighted by atomic mass is 79.9. The van der Waals surface area contributed by atoms with Crippen molar-refractivity contribution >= 4 is 67.3 Å². The molecule has 3 aromatic heterocycles. The number of carbonyl (C=O) groups excluding carboxylic acids is 2. The molecule has 0 aliphatic heterocycles. The maximum atomic E-state index is 12.9. The van der Waals surface area contributed by atoms with Gasteiger partial charge in [0.1, 0.15) is 16.9 Å². The molecule has 0 aromatic carbocycles. The topological polar surface area (TPSA) is 85.5 Å². The van der Waals surface area contributed by atoms with Crippen LogP contribution in [0.25, 0.3) is 10.2 Å². The second-order valence-corrected chi connectivity index (χ2v) is 8.72. The van der Waals surface area contributed by atoms with Crippen LogP contribution in [0.3, 0.4) is 0 Å². The van der Waals surface area contributed by atoms with Crippen molar-refractivity contribution in [1.82, 2.24) is 9.97 Å². The number of ether oxygens (including phenoxy) is 1. The van der Waals surface area contributed by atoms with E-state index in [0.717, 1.165) is 11.3 Å². The van der Waals surface area contributed by atoms with Crippen LogP contribution < -0.4 is 4.90 Å². The van der Waals surface area contributed by atoms with Crippen molar-refractivity contribution < 1.29 is 18.7 Å². The summed E-state index contributed by atoms with van der Waals surface area (Å²) in [6, 6.07) is 3.45. The highest BCUT2D eigenvalue weighted by Crippen LogP contribution is 2.39. The van der Waals surface area contributed by atoms with Gasteiger partial charge in [0.25, 0.3) is 0 Å². The van der Waals surface area contributed by atoms with Crippen molar-refractivity contribution in [2.45, 2.75) is 32.9 Å². The molecule has 0 aliphatic rings. The molecule has 0 spiro atoms. The SMILES string of the molecule is CC(C)(C)OC(=O)N(Cc1ccco1)c1nc(Cl)nc2c(Br)c(C=O)sc12. The number of aromatic nitrogens is 2. The number of fused-ring (bicyclic) bond motifs is 1. The molecule has 0 radical (unpaired) electrons.